The van der Waals surface area contributed by atoms with E-state index in [1.165, 1.54) is 0 Å². The molecule has 0 amide bonds. The predicted octanol–water partition coefficient (Wildman–Crippen LogP) is 4.91. The monoisotopic (exact) mass is 330 g/mol. The van der Waals surface area contributed by atoms with Crippen LogP contribution in [-0.4, -0.2) is 0 Å². The van der Waals surface area contributed by atoms with Gasteiger partial charge < -0.3 is 0 Å². The molecule has 0 radical (unpaired) electrons. The van der Waals surface area contributed by atoms with Crippen LogP contribution in [0.2, 0.25) is 0 Å². The van der Waals surface area contributed by atoms with Gasteiger partial charge in [-0.25, -0.2) is 0 Å². The second-order valence-corrected chi connectivity index (χ2v) is 6.26. The molecular weight excluding hydrogens is 320 g/mol. The maximum absolute atomic E-state index is 12.7. The van der Waals surface area contributed by atoms with Crippen molar-refractivity contribution in [3.8, 4) is 0 Å². The Bertz CT molecular complexity index is 848. The van der Waals surface area contributed by atoms with Gasteiger partial charge in [0, 0.05) is 24.6 Å². The van der Waals surface area contributed by atoms with Gasteiger partial charge in [0.15, 0.2) is 5.43 Å². The van der Waals surface area contributed by atoms with E-state index in [9.17, 15) is 4.79 Å². The Morgan fingerprint density at radius 3 is 2.74 bits per heavy atom. The van der Waals surface area contributed by atoms with E-state index in [0.717, 1.165) is 30.2 Å². The summed E-state index contributed by atoms with van der Waals surface area (Å²) in [5.74, 6) is 0. The third kappa shape index (κ3) is 2.03. The summed E-state index contributed by atoms with van der Waals surface area (Å²) in [4.78, 5) is 12.7. The first-order valence-corrected chi connectivity index (χ1v) is 7.57. The van der Waals surface area contributed by atoms with Crippen molar-refractivity contribution in [2.75, 3.05) is 0 Å². The smallest absolute Gasteiger partial charge is 0.196 e. The molecule has 0 aliphatic heterocycles. The quantitative estimate of drug-likeness (QED) is 0.482. The molecule has 0 bridgehead atoms. The molecule has 1 heterocycles. The van der Waals surface area contributed by atoms with Gasteiger partial charge in [-0.1, -0.05) is 34.1 Å². The molecule has 3 rings (SSSR count). The van der Waals surface area contributed by atoms with Crippen LogP contribution in [0, 0.1) is 0 Å². The Morgan fingerprint density at radius 2 is 1.95 bits per heavy atom. The molecule has 1 nitrogen and oxygen atoms in total. The van der Waals surface area contributed by atoms with Gasteiger partial charge in [0.2, 0.25) is 0 Å². The molecule has 0 spiro atoms. The van der Waals surface area contributed by atoms with Gasteiger partial charge in [0.1, 0.15) is 0 Å². The molecule has 0 atom stereocenters. The molecule has 3 aromatic rings. The summed E-state index contributed by atoms with van der Waals surface area (Å²) in [5, 5.41) is 1.61. The molecule has 19 heavy (non-hydrogen) atoms. The molecule has 2 aromatic carbocycles. The Balaban J connectivity index is 2.55. The number of rotatable bonds is 2. The average Bonchev–Trinajstić information content (AvgIpc) is 2.42. The lowest BCUT2D eigenvalue weighted by molar-refractivity contribution is 1.29. The molecule has 0 unspecified atom stereocenters. The summed E-state index contributed by atoms with van der Waals surface area (Å²) in [5.41, 5.74) is 1.14. The molecule has 94 valence electrons. The second-order valence-electron chi connectivity index (χ2n) is 4.32. The topological polar surface area (TPSA) is 17.1 Å². The second kappa shape index (κ2) is 4.91. The van der Waals surface area contributed by atoms with Crippen molar-refractivity contribution in [3.05, 3.63) is 69.3 Å². The van der Waals surface area contributed by atoms with Crippen molar-refractivity contribution < 1.29 is 0 Å². The van der Waals surface area contributed by atoms with Crippen LogP contribution in [0.3, 0.4) is 0 Å². The van der Waals surface area contributed by atoms with Crippen LogP contribution in [-0.2, 0) is 6.42 Å². The Morgan fingerprint density at radius 1 is 1.16 bits per heavy atom. The maximum atomic E-state index is 12.7. The summed E-state index contributed by atoms with van der Waals surface area (Å²) in [6.45, 7) is 3.78. The first kappa shape index (κ1) is 12.6. The number of allylic oxidation sites excluding steroid dienone is 1. The van der Waals surface area contributed by atoms with E-state index in [2.05, 4.69) is 22.5 Å². The summed E-state index contributed by atoms with van der Waals surface area (Å²) in [6, 6.07) is 11.8. The lowest BCUT2D eigenvalue weighted by Crippen LogP contribution is -2.04. The van der Waals surface area contributed by atoms with Crippen LogP contribution in [0.15, 0.2) is 58.3 Å². The van der Waals surface area contributed by atoms with Crippen molar-refractivity contribution in [1.82, 2.24) is 0 Å². The van der Waals surface area contributed by atoms with Crippen LogP contribution in [0.4, 0.5) is 0 Å². The van der Waals surface area contributed by atoms with Crippen molar-refractivity contribution in [1.29, 1.82) is 0 Å². The zero-order chi connectivity index (χ0) is 13.4. The zero-order valence-electron chi connectivity index (χ0n) is 10.2. The third-order valence-corrected chi connectivity index (χ3v) is 5.02. The van der Waals surface area contributed by atoms with Crippen LogP contribution in [0.5, 0.6) is 0 Å². The standard InChI is InChI=1S/C16H11BrOS/c1-2-5-10-12(17)8-9-14-15(10)16(18)11-6-3-4-7-13(11)19-14/h2-4,6-9H,1,5H2. The number of fused-ring (bicyclic) bond motifs is 2. The number of hydrogen-bond donors (Lipinski definition) is 0. The largest absolute Gasteiger partial charge is 0.288 e. The minimum atomic E-state index is 0.113. The molecule has 0 saturated carbocycles. The third-order valence-electron chi connectivity index (χ3n) is 3.14. The van der Waals surface area contributed by atoms with E-state index in [-0.39, 0.29) is 5.43 Å². The van der Waals surface area contributed by atoms with E-state index in [1.807, 2.05) is 42.5 Å². The van der Waals surface area contributed by atoms with E-state index in [0.29, 0.717) is 6.42 Å². The van der Waals surface area contributed by atoms with Crippen LogP contribution >= 0.6 is 27.3 Å². The molecule has 0 saturated heterocycles. The van der Waals surface area contributed by atoms with E-state index in [4.69, 9.17) is 0 Å². The fourth-order valence-corrected chi connectivity index (χ4v) is 3.88. The van der Waals surface area contributed by atoms with Crippen LogP contribution in [0.25, 0.3) is 20.2 Å². The lowest BCUT2D eigenvalue weighted by Gasteiger charge is -2.07. The summed E-state index contributed by atoms with van der Waals surface area (Å²) < 4.78 is 3.04. The first-order valence-electron chi connectivity index (χ1n) is 5.96. The van der Waals surface area contributed by atoms with Crippen LogP contribution < -0.4 is 5.43 Å². The van der Waals surface area contributed by atoms with Gasteiger partial charge in [0.25, 0.3) is 0 Å². The molecule has 0 N–H and O–H groups in total. The Kier molecular flexibility index (Phi) is 3.25. The van der Waals surface area contributed by atoms with Gasteiger partial charge >= 0.3 is 0 Å². The predicted molar refractivity (Wildman–Crippen MR) is 87.2 cm³/mol. The number of benzene rings is 2. The molecule has 3 heteroatoms. The average molecular weight is 331 g/mol. The minimum absolute atomic E-state index is 0.113. The van der Waals surface area contributed by atoms with Crippen molar-refractivity contribution in [3.63, 3.8) is 0 Å². The van der Waals surface area contributed by atoms with Gasteiger partial charge in [-0.05, 0) is 36.2 Å². The summed E-state index contributed by atoms with van der Waals surface area (Å²) in [7, 11) is 0. The maximum Gasteiger partial charge on any atom is 0.196 e. The molecule has 0 fully saturated rings. The van der Waals surface area contributed by atoms with Crippen molar-refractivity contribution >= 4 is 47.4 Å². The molecule has 0 aliphatic rings. The Labute approximate surface area is 123 Å². The van der Waals surface area contributed by atoms with Crippen LogP contribution in [0.1, 0.15) is 5.56 Å². The fraction of sp³-hybridized carbons (Fsp3) is 0.0625. The molecule has 1 aromatic heterocycles. The normalized spacial score (nSPS) is 11.0. The SMILES string of the molecule is C=CCc1c(Br)ccc2sc3ccccc3c(=O)c12. The van der Waals surface area contributed by atoms with Gasteiger partial charge in [-0.15, -0.1) is 17.9 Å². The van der Waals surface area contributed by atoms with Gasteiger partial charge in [-0.3, -0.25) is 4.79 Å². The van der Waals surface area contributed by atoms with Gasteiger partial charge in [-0.2, -0.15) is 0 Å². The highest BCUT2D eigenvalue weighted by atomic mass is 79.9. The molecule has 0 aliphatic carbocycles. The lowest BCUT2D eigenvalue weighted by atomic mass is 10.1. The number of hydrogen-bond acceptors (Lipinski definition) is 2. The van der Waals surface area contributed by atoms with Crippen molar-refractivity contribution in [2.24, 2.45) is 0 Å². The molecular formula is C16H11BrOS. The summed E-state index contributed by atoms with van der Waals surface area (Å²) in [6.07, 6.45) is 2.52. The zero-order valence-corrected chi connectivity index (χ0v) is 12.6. The minimum Gasteiger partial charge on any atom is -0.288 e. The van der Waals surface area contributed by atoms with Gasteiger partial charge in [0.05, 0.1) is 0 Å². The Hall–Kier alpha value is -1.45. The van der Waals surface area contributed by atoms with Crippen molar-refractivity contribution in [2.45, 2.75) is 6.42 Å². The fourth-order valence-electron chi connectivity index (χ4n) is 2.28. The number of halogens is 1. The highest BCUT2D eigenvalue weighted by molar-refractivity contribution is 9.10. The first-order chi connectivity index (χ1) is 9.22. The van der Waals surface area contributed by atoms with E-state index >= 15 is 0 Å². The van der Waals surface area contributed by atoms with E-state index < -0.39 is 0 Å². The highest BCUT2D eigenvalue weighted by Gasteiger charge is 2.11. The summed E-state index contributed by atoms with van der Waals surface area (Å²) >= 11 is 5.19. The highest BCUT2D eigenvalue weighted by Crippen LogP contribution is 2.30. The van der Waals surface area contributed by atoms with E-state index in [1.54, 1.807) is 11.3 Å².